The molecule has 25 heavy (non-hydrogen) atoms. The lowest BCUT2D eigenvalue weighted by molar-refractivity contribution is -0.141. The van der Waals surface area contributed by atoms with E-state index in [2.05, 4.69) is 4.84 Å². The van der Waals surface area contributed by atoms with E-state index in [9.17, 15) is 22.0 Å². The van der Waals surface area contributed by atoms with E-state index in [-0.39, 0.29) is 16.0 Å². The van der Waals surface area contributed by atoms with Crippen LogP contribution in [0, 0.1) is 11.6 Å². The zero-order valence-electron chi connectivity index (χ0n) is 13.4. The Balaban J connectivity index is 2.39. The topological polar surface area (TPSA) is 98.5 Å². The van der Waals surface area contributed by atoms with Crippen molar-refractivity contribution < 1.29 is 26.8 Å². The van der Waals surface area contributed by atoms with E-state index in [0.717, 1.165) is 6.07 Å². The van der Waals surface area contributed by atoms with Crippen molar-refractivity contribution in [3.63, 3.8) is 0 Å². The Kier molecular flexibility index (Phi) is 5.21. The van der Waals surface area contributed by atoms with Crippen LogP contribution in [0.2, 0.25) is 0 Å². The Hall–Kier alpha value is -2.36. The highest BCUT2D eigenvalue weighted by molar-refractivity contribution is 7.90. The highest BCUT2D eigenvalue weighted by atomic mass is 32.2. The van der Waals surface area contributed by atoms with Crippen molar-refractivity contribution in [2.45, 2.75) is 24.3 Å². The molecule has 2 aromatic rings. The molecule has 2 rings (SSSR count). The van der Waals surface area contributed by atoms with Gasteiger partial charge in [-0.3, -0.25) is 9.63 Å². The van der Waals surface area contributed by atoms with E-state index in [1.807, 2.05) is 4.72 Å². The van der Waals surface area contributed by atoms with Crippen molar-refractivity contribution in [2.75, 3.05) is 0 Å². The number of nitrogens with one attached hydrogen (secondary N) is 1. The molecule has 2 aromatic carbocycles. The minimum Gasteiger partial charge on any atom is -0.289 e. The maximum Gasteiger partial charge on any atom is 0.267 e. The number of halogens is 2. The number of benzene rings is 2. The quantitative estimate of drug-likeness (QED) is 0.786. The molecule has 0 aliphatic heterocycles. The van der Waals surface area contributed by atoms with Crippen LogP contribution >= 0.6 is 0 Å². The Morgan fingerprint density at radius 2 is 1.84 bits per heavy atom. The van der Waals surface area contributed by atoms with E-state index in [4.69, 9.17) is 5.90 Å². The SMILES string of the molecule is CC(C)(ON)C(=O)NS(=O)(=O)c1cccc(-c2ccc(F)cc2F)c1. The highest BCUT2D eigenvalue weighted by Crippen LogP contribution is 2.26. The number of amides is 1. The van der Waals surface area contributed by atoms with E-state index in [1.165, 1.54) is 44.2 Å². The number of sulfonamides is 1. The van der Waals surface area contributed by atoms with Crippen molar-refractivity contribution in [2.24, 2.45) is 5.90 Å². The van der Waals surface area contributed by atoms with Crippen molar-refractivity contribution in [3.05, 3.63) is 54.1 Å². The van der Waals surface area contributed by atoms with Gasteiger partial charge < -0.3 is 0 Å². The standard InChI is InChI=1S/C16H16F2N2O4S/c1-16(2,24-19)15(21)20-25(22,23)12-5-3-4-10(8-12)13-7-6-11(17)9-14(13)18/h3-9H,19H2,1-2H3,(H,20,21). The predicted molar refractivity (Wildman–Crippen MR) is 86.5 cm³/mol. The summed E-state index contributed by atoms with van der Waals surface area (Å²) in [7, 11) is -4.24. The molecule has 0 bridgehead atoms. The van der Waals surface area contributed by atoms with Crippen LogP contribution in [0.5, 0.6) is 0 Å². The van der Waals surface area contributed by atoms with Crippen molar-refractivity contribution in [1.29, 1.82) is 0 Å². The number of carbonyl (C=O) groups excluding carboxylic acids is 1. The number of carbonyl (C=O) groups is 1. The molecule has 0 aliphatic rings. The van der Waals surface area contributed by atoms with Gasteiger partial charge >= 0.3 is 0 Å². The fourth-order valence-corrected chi connectivity index (χ4v) is 3.06. The van der Waals surface area contributed by atoms with Crippen LogP contribution in [0.3, 0.4) is 0 Å². The molecule has 1 amide bonds. The molecule has 0 fully saturated rings. The summed E-state index contributed by atoms with van der Waals surface area (Å²) in [5.41, 5.74) is -1.33. The largest absolute Gasteiger partial charge is 0.289 e. The summed E-state index contributed by atoms with van der Waals surface area (Å²) in [6.45, 7) is 2.59. The van der Waals surface area contributed by atoms with Gasteiger partial charge in [0, 0.05) is 11.6 Å². The molecule has 0 saturated carbocycles. The van der Waals surface area contributed by atoms with Gasteiger partial charge in [0.2, 0.25) is 0 Å². The zero-order chi connectivity index (χ0) is 18.8. The summed E-state index contributed by atoms with van der Waals surface area (Å²) in [5.74, 6) is 2.42. The molecule has 0 atom stereocenters. The molecular formula is C16H16F2N2O4S. The first-order valence-electron chi connectivity index (χ1n) is 7.07. The smallest absolute Gasteiger partial charge is 0.267 e. The molecule has 0 aliphatic carbocycles. The van der Waals surface area contributed by atoms with Gasteiger partial charge in [0.15, 0.2) is 5.60 Å². The lowest BCUT2D eigenvalue weighted by atomic mass is 10.1. The Labute approximate surface area is 143 Å². The van der Waals surface area contributed by atoms with Crippen LogP contribution in [0.25, 0.3) is 11.1 Å². The molecule has 0 spiro atoms. The molecule has 0 radical (unpaired) electrons. The Morgan fingerprint density at radius 1 is 1.16 bits per heavy atom. The van der Waals surface area contributed by atoms with Gasteiger partial charge in [0.05, 0.1) is 4.90 Å². The first-order chi connectivity index (χ1) is 11.6. The molecule has 0 heterocycles. The van der Waals surface area contributed by atoms with Crippen LogP contribution in [0.4, 0.5) is 8.78 Å². The first kappa shape index (κ1) is 19.0. The summed E-state index contributed by atoms with van der Waals surface area (Å²) >= 11 is 0. The monoisotopic (exact) mass is 370 g/mol. The molecule has 3 N–H and O–H groups in total. The van der Waals surface area contributed by atoms with Gasteiger partial charge in [0.1, 0.15) is 11.6 Å². The fourth-order valence-electron chi connectivity index (χ4n) is 1.91. The van der Waals surface area contributed by atoms with E-state index >= 15 is 0 Å². The van der Waals surface area contributed by atoms with Gasteiger partial charge in [0.25, 0.3) is 15.9 Å². The predicted octanol–water partition coefficient (Wildman–Crippen LogP) is 2.11. The van der Waals surface area contributed by atoms with Crippen molar-refractivity contribution in [1.82, 2.24) is 4.72 Å². The van der Waals surface area contributed by atoms with Gasteiger partial charge in [-0.1, -0.05) is 12.1 Å². The average Bonchev–Trinajstić information content (AvgIpc) is 2.54. The van der Waals surface area contributed by atoms with Crippen molar-refractivity contribution >= 4 is 15.9 Å². The Morgan fingerprint density at radius 3 is 2.44 bits per heavy atom. The highest BCUT2D eigenvalue weighted by Gasteiger charge is 2.32. The van der Waals surface area contributed by atoms with E-state index in [1.54, 1.807) is 0 Å². The molecule has 0 unspecified atom stereocenters. The van der Waals surface area contributed by atoms with E-state index in [0.29, 0.717) is 6.07 Å². The first-order valence-corrected chi connectivity index (χ1v) is 8.56. The second-order valence-electron chi connectivity index (χ2n) is 5.71. The Bertz CT molecular complexity index is 914. The molecule has 134 valence electrons. The third-order valence-electron chi connectivity index (χ3n) is 3.45. The number of hydrogen-bond acceptors (Lipinski definition) is 5. The average molecular weight is 370 g/mol. The second kappa shape index (κ2) is 6.87. The van der Waals surface area contributed by atoms with Gasteiger partial charge in [-0.25, -0.2) is 27.8 Å². The van der Waals surface area contributed by atoms with Gasteiger partial charge in [-0.2, -0.15) is 0 Å². The lowest BCUT2D eigenvalue weighted by Gasteiger charge is -2.20. The summed E-state index contributed by atoms with van der Waals surface area (Å²) in [4.78, 5) is 16.1. The fraction of sp³-hybridized carbons (Fsp3) is 0.188. The van der Waals surface area contributed by atoms with Crippen LogP contribution < -0.4 is 10.6 Å². The minimum absolute atomic E-state index is 0.0235. The van der Waals surface area contributed by atoms with Gasteiger partial charge in [-0.15, -0.1) is 0 Å². The van der Waals surface area contributed by atoms with Crippen LogP contribution in [-0.2, 0) is 19.7 Å². The molecule has 9 heteroatoms. The molecule has 6 nitrogen and oxygen atoms in total. The zero-order valence-corrected chi connectivity index (χ0v) is 14.2. The minimum atomic E-state index is -4.24. The van der Waals surface area contributed by atoms with Crippen molar-refractivity contribution in [3.8, 4) is 11.1 Å². The maximum atomic E-state index is 13.9. The third-order valence-corrected chi connectivity index (χ3v) is 4.78. The van der Waals surface area contributed by atoms with Crippen LogP contribution in [0.1, 0.15) is 13.8 Å². The third kappa shape index (κ3) is 4.19. The molecular weight excluding hydrogens is 354 g/mol. The van der Waals surface area contributed by atoms with Crippen LogP contribution in [-0.4, -0.2) is 19.9 Å². The lowest BCUT2D eigenvalue weighted by Crippen LogP contribution is -2.47. The van der Waals surface area contributed by atoms with E-state index < -0.39 is 33.2 Å². The normalized spacial score (nSPS) is 12.0. The summed E-state index contributed by atoms with van der Waals surface area (Å²) in [6.07, 6.45) is 0. The number of rotatable bonds is 5. The summed E-state index contributed by atoms with van der Waals surface area (Å²) in [6, 6.07) is 8.19. The summed E-state index contributed by atoms with van der Waals surface area (Å²) in [5, 5.41) is 0. The molecule has 0 aromatic heterocycles. The maximum absolute atomic E-state index is 13.9. The number of hydrogen-bond donors (Lipinski definition) is 2. The van der Waals surface area contributed by atoms with Gasteiger partial charge in [-0.05, 0) is 43.7 Å². The molecule has 0 saturated heterocycles. The summed E-state index contributed by atoms with van der Waals surface area (Å²) < 4.78 is 53.4. The van der Waals surface area contributed by atoms with Crippen LogP contribution in [0.15, 0.2) is 47.4 Å². The number of nitrogens with two attached hydrogens (primary N) is 1. The second-order valence-corrected chi connectivity index (χ2v) is 7.40.